The third kappa shape index (κ3) is 3.78. The van der Waals surface area contributed by atoms with Gasteiger partial charge in [0, 0.05) is 12.6 Å². The van der Waals surface area contributed by atoms with Gasteiger partial charge in [-0.05, 0) is 51.5 Å². The van der Waals surface area contributed by atoms with Crippen molar-refractivity contribution in [1.29, 1.82) is 0 Å². The van der Waals surface area contributed by atoms with E-state index in [0.717, 1.165) is 18.9 Å². The Hall–Kier alpha value is -0.900. The molecule has 106 valence electrons. The molecule has 0 aromatic heterocycles. The first-order valence-corrected chi connectivity index (χ1v) is 7.28. The van der Waals surface area contributed by atoms with Crippen molar-refractivity contribution >= 4 is 0 Å². The van der Waals surface area contributed by atoms with Crippen molar-refractivity contribution in [3.8, 4) is 0 Å². The van der Waals surface area contributed by atoms with Crippen molar-refractivity contribution in [3.63, 3.8) is 0 Å². The number of hydrogen-bond acceptors (Lipinski definition) is 3. The highest BCUT2D eigenvalue weighted by Crippen LogP contribution is 2.37. The SMILES string of the molecule is CCOC1CC(CC(NN)c2cc(C)cc(C)c2)C1. The number of rotatable bonds is 6. The van der Waals surface area contributed by atoms with Crippen LogP contribution >= 0.6 is 0 Å². The number of hydrogen-bond donors (Lipinski definition) is 2. The molecule has 1 aromatic rings. The predicted molar refractivity (Wildman–Crippen MR) is 78.7 cm³/mol. The normalized spacial score (nSPS) is 24.0. The summed E-state index contributed by atoms with van der Waals surface area (Å²) < 4.78 is 5.62. The highest BCUT2D eigenvalue weighted by Gasteiger charge is 2.31. The average molecular weight is 262 g/mol. The molecule has 0 radical (unpaired) electrons. The first-order chi connectivity index (χ1) is 9.12. The summed E-state index contributed by atoms with van der Waals surface area (Å²) in [4.78, 5) is 0. The Morgan fingerprint density at radius 3 is 2.42 bits per heavy atom. The van der Waals surface area contributed by atoms with E-state index in [0.29, 0.717) is 6.10 Å². The van der Waals surface area contributed by atoms with Crippen molar-refractivity contribution < 1.29 is 4.74 Å². The summed E-state index contributed by atoms with van der Waals surface area (Å²) in [5.74, 6) is 6.48. The molecule has 2 rings (SSSR count). The molecule has 0 saturated heterocycles. The summed E-state index contributed by atoms with van der Waals surface area (Å²) in [6, 6.07) is 6.92. The largest absolute Gasteiger partial charge is 0.378 e. The molecule has 1 aliphatic carbocycles. The second-order valence-corrected chi connectivity index (χ2v) is 5.79. The van der Waals surface area contributed by atoms with Gasteiger partial charge in [-0.25, -0.2) is 0 Å². The Balaban J connectivity index is 1.93. The van der Waals surface area contributed by atoms with E-state index in [1.54, 1.807) is 0 Å². The Labute approximate surface area is 116 Å². The minimum atomic E-state index is 0.256. The Kier molecular flexibility index (Phi) is 4.97. The van der Waals surface area contributed by atoms with Crippen LogP contribution in [0.1, 0.15) is 48.9 Å². The Morgan fingerprint density at radius 1 is 1.26 bits per heavy atom. The average Bonchev–Trinajstić information content (AvgIpc) is 2.30. The molecule has 1 aliphatic rings. The van der Waals surface area contributed by atoms with Gasteiger partial charge < -0.3 is 4.74 Å². The zero-order valence-electron chi connectivity index (χ0n) is 12.3. The van der Waals surface area contributed by atoms with Crippen molar-refractivity contribution in [2.24, 2.45) is 11.8 Å². The van der Waals surface area contributed by atoms with Gasteiger partial charge in [-0.1, -0.05) is 29.3 Å². The lowest BCUT2D eigenvalue weighted by Crippen LogP contribution is -2.36. The molecule has 0 spiro atoms. The monoisotopic (exact) mass is 262 g/mol. The van der Waals surface area contributed by atoms with Crippen LogP contribution in [0.3, 0.4) is 0 Å². The van der Waals surface area contributed by atoms with Crippen LogP contribution in [0, 0.1) is 19.8 Å². The van der Waals surface area contributed by atoms with Crippen LogP contribution < -0.4 is 11.3 Å². The van der Waals surface area contributed by atoms with Crippen molar-refractivity contribution in [2.75, 3.05) is 6.61 Å². The molecule has 1 unspecified atom stereocenters. The standard InChI is InChI=1S/C16H26N2O/c1-4-19-15-8-13(9-15)10-16(18-17)14-6-11(2)5-12(3)7-14/h5-7,13,15-16,18H,4,8-10,17H2,1-3H3. The van der Waals surface area contributed by atoms with Gasteiger partial charge in [-0.2, -0.15) is 0 Å². The van der Waals surface area contributed by atoms with Crippen LogP contribution in [0.15, 0.2) is 18.2 Å². The minimum Gasteiger partial charge on any atom is -0.378 e. The fourth-order valence-electron chi connectivity index (χ4n) is 3.08. The van der Waals surface area contributed by atoms with Gasteiger partial charge in [0.2, 0.25) is 0 Å². The molecule has 1 saturated carbocycles. The summed E-state index contributed by atoms with van der Waals surface area (Å²) in [7, 11) is 0. The van der Waals surface area contributed by atoms with Crippen molar-refractivity contribution in [2.45, 2.75) is 52.2 Å². The summed E-state index contributed by atoms with van der Waals surface area (Å²) >= 11 is 0. The highest BCUT2D eigenvalue weighted by atomic mass is 16.5. The number of hydrazine groups is 1. The molecule has 1 aromatic carbocycles. The lowest BCUT2D eigenvalue weighted by Gasteiger charge is -2.37. The second-order valence-electron chi connectivity index (χ2n) is 5.79. The van der Waals surface area contributed by atoms with E-state index in [1.165, 1.54) is 29.5 Å². The van der Waals surface area contributed by atoms with E-state index < -0.39 is 0 Å². The van der Waals surface area contributed by atoms with E-state index in [1.807, 2.05) is 0 Å². The molecule has 0 bridgehead atoms. The predicted octanol–water partition coefficient (Wildman–Crippen LogP) is 3.01. The van der Waals surface area contributed by atoms with E-state index in [4.69, 9.17) is 10.6 Å². The highest BCUT2D eigenvalue weighted by molar-refractivity contribution is 5.30. The van der Waals surface area contributed by atoms with E-state index in [9.17, 15) is 0 Å². The Bertz CT molecular complexity index is 393. The van der Waals surface area contributed by atoms with Crippen LogP contribution in [-0.2, 0) is 4.74 Å². The number of benzene rings is 1. The molecule has 1 fully saturated rings. The molecule has 3 N–H and O–H groups in total. The van der Waals surface area contributed by atoms with E-state index in [-0.39, 0.29) is 6.04 Å². The quantitative estimate of drug-likeness (QED) is 0.612. The topological polar surface area (TPSA) is 47.3 Å². The molecular formula is C16H26N2O. The fourth-order valence-corrected chi connectivity index (χ4v) is 3.08. The van der Waals surface area contributed by atoms with Gasteiger partial charge in [0.15, 0.2) is 0 Å². The molecule has 0 aliphatic heterocycles. The lowest BCUT2D eigenvalue weighted by molar-refractivity contribution is -0.0291. The molecule has 3 nitrogen and oxygen atoms in total. The zero-order valence-corrected chi connectivity index (χ0v) is 12.3. The summed E-state index contributed by atoms with van der Waals surface area (Å²) in [5, 5.41) is 0. The third-order valence-electron chi connectivity index (χ3n) is 4.01. The first-order valence-electron chi connectivity index (χ1n) is 7.28. The van der Waals surface area contributed by atoms with Gasteiger partial charge >= 0.3 is 0 Å². The number of nitrogens with two attached hydrogens (primary N) is 1. The summed E-state index contributed by atoms with van der Waals surface area (Å²) in [6.07, 6.45) is 3.93. The van der Waals surface area contributed by atoms with Crippen molar-refractivity contribution in [1.82, 2.24) is 5.43 Å². The first kappa shape index (κ1) is 14.5. The van der Waals surface area contributed by atoms with Gasteiger partial charge in [0.05, 0.1) is 6.10 Å². The third-order valence-corrected chi connectivity index (χ3v) is 4.01. The number of ether oxygens (including phenoxy) is 1. The molecule has 0 heterocycles. The van der Waals surface area contributed by atoms with Gasteiger partial charge in [0.25, 0.3) is 0 Å². The summed E-state index contributed by atoms with van der Waals surface area (Å²) in [6.45, 7) is 7.16. The minimum absolute atomic E-state index is 0.256. The maximum Gasteiger partial charge on any atom is 0.0580 e. The smallest absolute Gasteiger partial charge is 0.0580 e. The molecular weight excluding hydrogens is 236 g/mol. The molecule has 0 amide bonds. The molecule has 3 heteroatoms. The second kappa shape index (κ2) is 6.51. The van der Waals surface area contributed by atoms with Gasteiger partial charge in [0.1, 0.15) is 0 Å². The zero-order chi connectivity index (χ0) is 13.8. The van der Waals surface area contributed by atoms with Crippen molar-refractivity contribution in [3.05, 3.63) is 34.9 Å². The van der Waals surface area contributed by atoms with E-state index in [2.05, 4.69) is 44.4 Å². The van der Waals surface area contributed by atoms with Crippen LogP contribution in [0.5, 0.6) is 0 Å². The number of nitrogens with one attached hydrogen (secondary N) is 1. The maximum atomic E-state index is 5.74. The maximum absolute atomic E-state index is 5.74. The lowest BCUT2D eigenvalue weighted by atomic mass is 9.77. The molecule has 19 heavy (non-hydrogen) atoms. The van der Waals surface area contributed by atoms with E-state index >= 15 is 0 Å². The van der Waals surface area contributed by atoms with Crippen LogP contribution in [-0.4, -0.2) is 12.7 Å². The van der Waals surface area contributed by atoms with Gasteiger partial charge in [-0.3, -0.25) is 11.3 Å². The van der Waals surface area contributed by atoms with Crippen LogP contribution in [0.4, 0.5) is 0 Å². The fraction of sp³-hybridized carbons (Fsp3) is 0.625. The number of aryl methyl sites for hydroxylation is 2. The van der Waals surface area contributed by atoms with Crippen LogP contribution in [0.25, 0.3) is 0 Å². The Morgan fingerprint density at radius 2 is 1.89 bits per heavy atom. The summed E-state index contributed by atoms with van der Waals surface area (Å²) in [5.41, 5.74) is 6.89. The van der Waals surface area contributed by atoms with Gasteiger partial charge in [-0.15, -0.1) is 0 Å². The van der Waals surface area contributed by atoms with Crippen LogP contribution in [0.2, 0.25) is 0 Å². The molecule has 1 atom stereocenters.